The Labute approximate surface area is 113 Å². The van der Waals surface area contributed by atoms with E-state index in [1.54, 1.807) is 6.07 Å². The number of nitrogens with one attached hydrogen (secondary N) is 1. The summed E-state index contributed by atoms with van der Waals surface area (Å²) in [5, 5.41) is 22.0. The van der Waals surface area contributed by atoms with Gasteiger partial charge in [0.1, 0.15) is 11.5 Å². The van der Waals surface area contributed by atoms with E-state index < -0.39 is 11.4 Å². The fraction of sp³-hybridized carbons (Fsp3) is 0.500. The molecule has 106 valence electrons. The molecule has 19 heavy (non-hydrogen) atoms. The van der Waals surface area contributed by atoms with E-state index in [4.69, 9.17) is 4.74 Å². The van der Waals surface area contributed by atoms with Crippen molar-refractivity contribution in [2.24, 2.45) is 0 Å². The summed E-state index contributed by atoms with van der Waals surface area (Å²) in [6, 6.07) is 4.45. The summed E-state index contributed by atoms with van der Waals surface area (Å²) in [4.78, 5) is 12.2. The fourth-order valence-electron chi connectivity index (χ4n) is 1.82. The summed E-state index contributed by atoms with van der Waals surface area (Å²) in [7, 11) is 1.49. The molecule has 0 radical (unpaired) electrons. The van der Waals surface area contributed by atoms with Crippen LogP contribution in [0.5, 0.6) is 11.5 Å². The maximum Gasteiger partial charge on any atom is 0.255 e. The van der Waals surface area contributed by atoms with Crippen molar-refractivity contribution in [1.82, 2.24) is 5.32 Å². The number of hydrogen-bond donors (Lipinski definition) is 3. The Morgan fingerprint density at radius 3 is 2.47 bits per heavy atom. The largest absolute Gasteiger partial charge is 0.507 e. The van der Waals surface area contributed by atoms with Gasteiger partial charge in [-0.05, 0) is 31.0 Å². The zero-order valence-electron chi connectivity index (χ0n) is 11.6. The molecule has 0 saturated heterocycles. The first kappa shape index (κ1) is 15.3. The Balaban J connectivity index is 3.00. The number of aliphatic hydroxyl groups excluding tert-OH is 1. The first-order chi connectivity index (χ1) is 9.01. The number of hydrogen-bond acceptors (Lipinski definition) is 4. The van der Waals surface area contributed by atoms with E-state index in [1.165, 1.54) is 19.2 Å². The van der Waals surface area contributed by atoms with E-state index in [0.29, 0.717) is 18.6 Å². The number of methoxy groups -OCH3 is 1. The lowest BCUT2D eigenvalue weighted by Gasteiger charge is -2.30. The van der Waals surface area contributed by atoms with E-state index in [9.17, 15) is 15.0 Å². The standard InChI is InChI=1S/C14H21NO4/c1-4-14(5-2,9-16)15-13(18)11-8-10(19-3)6-7-12(11)17/h6-8,16-17H,4-5,9H2,1-3H3,(H,15,18). The van der Waals surface area contributed by atoms with Gasteiger partial charge in [0.15, 0.2) is 0 Å². The van der Waals surface area contributed by atoms with Crippen LogP contribution < -0.4 is 10.1 Å². The van der Waals surface area contributed by atoms with Crippen molar-refractivity contribution in [3.05, 3.63) is 23.8 Å². The number of amides is 1. The highest BCUT2D eigenvalue weighted by Gasteiger charge is 2.28. The fourth-order valence-corrected chi connectivity index (χ4v) is 1.82. The Morgan fingerprint density at radius 1 is 1.37 bits per heavy atom. The van der Waals surface area contributed by atoms with Crippen LogP contribution in [0.15, 0.2) is 18.2 Å². The van der Waals surface area contributed by atoms with Crippen LogP contribution in [0.1, 0.15) is 37.0 Å². The van der Waals surface area contributed by atoms with Crippen LogP contribution in [-0.4, -0.2) is 35.4 Å². The van der Waals surface area contributed by atoms with Crippen molar-refractivity contribution in [3.63, 3.8) is 0 Å². The second-order valence-corrected chi connectivity index (χ2v) is 4.48. The van der Waals surface area contributed by atoms with Gasteiger partial charge in [0.2, 0.25) is 0 Å². The molecule has 1 amide bonds. The maximum absolute atomic E-state index is 12.2. The van der Waals surface area contributed by atoms with Crippen LogP contribution >= 0.6 is 0 Å². The molecule has 0 unspecified atom stereocenters. The van der Waals surface area contributed by atoms with Crippen LogP contribution in [0.3, 0.4) is 0 Å². The lowest BCUT2D eigenvalue weighted by atomic mass is 9.93. The van der Waals surface area contributed by atoms with Crippen molar-refractivity contribution in [3.8, 4) is 11.5 Å². The van der Waals surface area contributed by atoms with Gasteiger partial charge in [0, 0.05) is 0 Å². The first-order valence-electron chi connectivity index (χ1n) is 6.32. The second-order valence-electron chi connectivity index (χ2n) is 4.48. The highest BCUT2D eigenvalue weighted by Crippen LogP contribution is 2.24. The third-order valence-corrected chi connectivity index (χ3v) is 3.48. The van der Waals surface area contributed by atoms with Crippen LogP contribution in [0.4, 0.5) is 0 Å². The van der Waals surface area contributed by atoms with Gasteiger partial charge in [-0.25, -0.2) is 0 Å². The highest BCUT2D eigenvalue weighted by atomic mass is 16.5. The summed E-state index contributed by atoms with van der Waals surface area (Å²) < 4.78 is 5.03. The van der Waals surface area contributed by atoms with E-state index in [2.05, 4.69) is 5.32 Å². The normalized spacial score (nSPS) is 11.2. The zero-order valence-corrected chi connectivity index (χ0v) is 11.6. The maximum atomic E-state index is 12.2. The number of carbonyl (C=O) groups is 1. The van der Waals surface area contributed by atoms with Gasteiger partial charge in [-0.15, -0.1) is 0 Å². The third-order valence-electron chi connectivity index (χ3n) is 3.48. The van der Waals surface area contributed by atoms with Gasteiger partial charge in [0.05, 0.1) is 24.8 Å². The zero-order chi connectivity index (χ0) is 14.5. The topological polar surface area (TPSA) is 78.8 Å². The molecule has 0 spiro atoms. The summed E-state index contributed by atoms with van der Waals surface area (Å²) in [6.07, 6.45) is 1.22. The van der Waals surface area contributed by atoms with Gasteiger partial charge in [-0.1, -0.05) is 13.8 Å². The Kier molecular flexibility index (Phi) is 5.18. The Hall–Kier alpha value is -1.75. The molecule has 3 N–H and O–H groups in total. The van der Waals surface area contributed by atoms with Crippen LogP contribution in [0, 0.1) is 0 Å². The molecule has 1 aromatic carbocycles. The van der Waals surface area contributed by atoms with Crippen molar-refractivity contribution >= 4 is 5.91 Å². The van der Waals surface area contributed by atoms with Crippen LogP contribution in [0.25, 0.3) is 0 Å². The molecule has 0 fully saturated rings. The summed E-state index contributed by atoms with van der Waals surface area (Å²) >= 11 is 0. The lowest BCUT2D eigenvalue weighted by molar-refractivity contribution is 0.0815. The van der Waals surface area contributed by atoms with Gasteiger partial charge in [-0.3, -0.25) is 4.79 Å². The average molecular weight is 267 g/mol. The molecule has 0 aliphatic carbocycles. The molecule has 0 bridgehead atoms. The average Bonchev–Trinajstić information content (AvgIpc) is 2.45. The molecule has 1 rings (SSSR count). The van der Waals surface area contributed by atoms with E-state index in [1.807, 2.05) is 13.8 Å². The molecule has 0 aliphatic heterocycles. The van der Waals surface area contributed by atoms with Crippen LogP contribution in [0.2, 0.25) is 0 Å². The number of aromatic hydroxyl groups is 1. The number of phenolic OH excluding ortho intramolecular Hbond substituents is 1. The highest BCUT2D eigenvalue weighted by molar-refractivity contribution is 5.97. The number of benzene rings is 1. The molecule has 0 heterocycles. The molecule has 0 atom stereocenters. The minimum atomic E-state index is -0.660. The van der Waals surface area contributed by atoms with Crippen molar-refractivity contribution in [2.75, 3.05) is 13.7 Å². The van der Waals surface area contributed by atoms with Crippen LogP contribution in [-0.2, 0) is 0 Å². The first-order valence-corrected chi connectivity index (χ1v) is 6.32. The molecule has 0 aliphatic rings. The smallest absolute Gasteiger partial charge is 0.255 e. The Bertz CT molecular complexity index is 433. The minimum absolute atomic E-state index is 0.114. The molecule has 0 aromatic heterocycles. The van der Waals surface area contributed by atoms with E-state index in [0.717, 1.165) is 0 Å². The predicted molar refractivity (Wildman–Crippen MR) is 72.5 cm³/mol. The van der Waals surface area contributed by atoms with E-state index >= 15 is 0 Å². The van der Waals surface area contributed by atoms with Crippen molar-refractivity contribution < 1.29 is 19.7 Å². The van der Waals surface area contributed by atoms with Gasteiger partial charge >= 0.3 is 0 Å². The predicted octanol–water partition coefficient (Wildman–Crippen LogP) is 1.68. The van der Waals surface area contributed by atoms with Crippen molar-refractivity contribution in [1.29, 1.82) is 0 Å². The molecule has 0 saturated carbocycles. The minimum Gasteiger partial charge on any atom is -0.507 e. The van der Waals surface area contributed by atoms with E-state index in [-0.39, 0.29) is 17.9 Å². The molecule has 1 aromatic rings. The molecular weight excluding hydrogens is 246 g/mol. The Morgan fingerprint density at radius 2 is 2.00 bits per heavy atom. The third kappa shape index (κ3) is 3.38. The number of aliphatic hydroxyl groups is 1. The monoisotopic (exact) mass is 267 g/mol. The summed E-state index contributed by atoms with van der Waals surface area (Å²) in [5.41, 5.74) is -0.522. The van der Waals surface area contributed by atoms with Gasteiger partial charge < -0.3 is 20.3 Å². The molecular formula is C14H21NO4. The van der Waals surface area contributed by atoms with Gasteiger partial charge in [0.25, 0.3) is 5.91 Å². The molecule has 5 heteroatoms. The SMILES string of the molecule is CCC(CC)(CO)NC(=O)c1cc(OC)ccc1O. The number of carbonyl (C=O) groups excluding carboxylic acids is 1. The molecule has 5 nitrogen and oxygen atoms in total. The van der Waals surface area contributed by atoms with Gasteiger partial charge in [-0.2, -0.15) is 0 Å². The number of rotatable bonds is 6. The second kappa shape index (κ2) is 6.43. The number of ether oxygens (including phenoxy) is 1. The lowest BCUT2D eigenvalue weighted by Crippen LogP contribution is -2.50. The summed E-state index contributed by atoms with van der Waals surface area (Å²) in [5.74, 6) is -0.0444. The van der Waals surface area contributed by atoms with Crippen molar-refractivity contribution in [2.45, 2.75) is 32.2 Å². The summed E-state index contributed by atoms with van der Waals surface area (Å²) in [6.45, 7) is 3.65. The quantitative estimate of drug-likeness (QED) is 0.732. The number of phenols is 1.